The van der Waals surface area contributed by atoms with E-state index in [0.717, 1.165) is 11.3 Å². The summed E-state index contributed by atoms with van der Waals surface area (Å²) >= 11 is 0. The third-order valence-electron chi connectivity index (χ3n) is 5.45. The Morgan fingerprint density at radius 1 is 0.895 bits per heavy atom. The van der Waals surface area contributed by atoms with Crippen LogP contribution in [0.1, 0.15) is 51.4 Å². The Hall–Kier alpha value is -1.11. The maximum absolute atomic E-state index is 8.57. The zero-order chi connectivity index (χ0) is 13.5. The smallest absolute Gasteiger partial charge is 0.0419 e. The number of hydrogen-bond acceptors (Lipinski definition) is 1. The van der Waals surface area contributed by atoms with Crippen LogP contribution in [0.2, 0.25) is 0 Å². The summed E-state index contributed by atoms with van der Waals surface area (Å²) < 4.78 is 0. The molecule has 1 N–H and O–H groups in total. The van der Waals surface area contributed by atoms with Gasteiger partial charge < -0.3 is 5.41 Å². The summed E-state index contributed by atoms with van der Waals surface area (Å²) in [5.41, 5.74) is 3.93. The Balaban J connectivity index is 1.74. The lowest BCUT2D eigenvalue weighted by Gasteiger charge is -2.29. The monoisotopic (exact) mass is 255 g/mol. The molecule has 0 aromatic heterocycles. The Morgan fingerprint density at radius 3 is 1.95 bits per heavy atom. The van der Waals surface area contributed by atoms with Gasteiger partial charge in [0.1, 0.15) is 0 Å². The molecule has 3 rings (SSSR count). The van der Waals surface area contributed by atoms with Crippen LogP contribution < -0.4 is 0 Å². The first kappa shape index (κ1) is 12.9. The van der Waals surface area contributed by atoms with Crippen LogP contribution in [0, 0.1) is 22.7 Å². The summed E-state index contributed by atoms with van der Waals surface area (Å²) in [5.74, 6) is 1.12. The van der Waals surface area contributed by atoms with Crippen LogP contribution in [-0.2, 0) is 0 Å². The van der Waals surface area contributed by atoms with Gasteiger partial charge in [0.25, 0.3) is 0 Å². The summed E-state index contributed by atoms with van der Waals surface area (Å²) in [4.78, 5) is 0. The van der Waals surface area contributed by atoms with E-state index in [2.05, 4.69) is 13.2 Å². The lowest BCUT2D eigenvalue weighted by molar-refractivity contribution is 0.301. The summed E-state index contributed by atoms with van der Waals surface area (Å²) in [6.45, 7) is 7.90. The van der Waals surface area contributed by atoms with Gasteiger partial charge in [-0.3, -0.25) is 0 Å². The highest BCUT2D eigenvalue weighted by Crippen LogP contribution is 2.57. The molecule has 3 fully saturated rings. The SMILES string of the molecule is C=C/C(C(=N)C1CCC2(CC1)CC2)=C(/C=C)C1CC1. The van der Waals surface area contributed by atoms with Gasteiger partial charge in [-0.1, -0.05) is 25.3 Å². The average molecular weight is 255 g/mol. The minimum absolute atomic E-state index is 0.466. The summed E-state index contributed by atoms with van der Waals surface area (Å²) in [7, 11) is 0. The first-order valence-corrected chi connectivity index (χ1v) is 7.77. The summed E-state index contributed by atoms with van der Waals surface area (Å²) in [6.07, 6.45) is 14.4. The largest absolute Gasteiger partial charge is 0.304 e. The normalized spacial score (nSPS) is 26.7. The predicted molar refractivity (Wildman–Crippen MR) is 81.5 cm³/mol. The molecule has 3 aliphatic rings. The molecular formula is C18H25N. The highest BCUT2D eigenvalue weighted by Gasteiger charge is 2.45. The molecular weight excluding hydrogens is 230 g/mol. The Labute approximate surface area is 117 Å². The van der Waals surface area contributed by atoms with Gasteiger partial charge in [-0.2, -0.15) is 0 Å². The van der Waals surface area contributed by atoms with Crippen molar-refractivity contribution in [1.82, 2.24) is 0 Å². The number of rotatable bonds is 5. The number of allylic oxidation sites excluding steroid dienone is 4. The first-order chi connectivity index (χ1) is 9.19. The van der Waals surface area contributed by atoms with Crippen LogP contribution >= 0.6 is 0 Å². The fraction of sp³-hybridized carbons (Fsp3) is 0.611. The molecule has 0 amide bonds. The van der Waals surface area contributed by atoms with E-state index in [-0.39, 0.29) is 0 Å². The Morgan fingerprint density at radius 2 is 1.53 bits per heavy atom. The molecule has 102 valence electrons. The van der Waals surface area contributed by atoms with Crippen molar-refractivity contribution in [3.8, 4) is 0 Å². The van der Waals surface area contributed by atoms with E-state index in [1.165, 1.54) is 56.9 Å². The predicted octanol–water partition coefficient (Wildman–Crippen LogP) is 5.06. The quantitative estimate of drug-likeness (QED) is 0.525. The highest BCUT2D eigenvalue weighted by atomic mass is 14.5. The molecule has 0 atom stereocenters. The topological polar surface area (TPSA) is 23.9 Å². The highest BCUT2D eigenvalue weighted by molar-refractivity contribution is 6.03. The summed E-state index contributed by atoms with van der Waals surface area (Å²) in [5, 5.41) is 8.57. The van der Waals surface area contributed by atoms with E-state index >= 15 is 0 Å². The van der Waals surface area contributed by atoms with Crippen LogP contribution in [0.25, 0.3) is 0 Å². The molecule has 0 saturated heterocycles. The lowest BCUT2D eigenvalue weighted by Crippen LogP contribution is -2.23. The second-order valence-electron chi connectivity index (χ2n) is 6.74. The van der Waals surface area contributed by atoms with E-state index < -0.39 is 0 Å². The fourth-order valence-electron chi connectivity index (χ4n) is 3.69. The van der Waals surface area contributed by atoms with E-state index in [1.54, 1.807) is 0 Å². The van der Waals surface area contributed by atoms with E-state index in [1.807, 2.05) is 12.2 Å². The van der Waals surface area contributed by atoms with Gasteiger partial charge in [0.2, 0.25) is 0 Å². The van der Waals surface area contributed by atoms with Gasteiger partial charge in [-0.25, -0.2) is 0 Å². The molecule has 0 bridgehead atoms. The van der Waals surface area contributed by atoms with Crippen molar-refractivity contribution >= 4 is 5.71 Å². The third kappa shape index (κ3) is 2.48. The summed E-state index contributed by atoms with van der Waals surface area (Å²) in [6, 6.07) is 0. The Kier molecular flexibility index (Phi) is 3.24. The van der Waals surface area contributed by atoms with Crippen LogP contribution in [0.5, 0.6) is 0 Å². The van der Waals surface area contributed by atoms with Crippen molar-refractivity contribution in [3.05, 3.63) is 36.5 Å². The van der Waals surface area contributed by atoms with Gasteiger partial charge in [-0.15, -0.1) is 0 Å². The molecule has 0 unspecified atom stereocenters. The third-order valence-corrected chi connectivity index (χ3v) is 5.45. The molecule has 0 heterocycles. The molecule has 0 radical (unpaired) electrons. The minimum Gasteiger partial charge on any atom is -0.304 e. The van der Waals surface area contributed by atoms with Crippen LogP contribution in [0.4, 0.5) is 0 Å². The van der Waals surface area contributed by atoms with E-state index in [0.29, 0.717) is 17.3 Å². The maximum Gasteiger partial charge on any atom is 0.0419 e. The van der Waals surface area contributed by atoms with Crippen LogP contribution in [-0.4, -0.2) is 5.71 Å². The van der Waals surface area contributed by atoms with Gasteiger partial charge in [0, 0.05) is 11.6 Å². The van der Waals surface area contributed by atoms with E-state index in [9.17, 15) is 0 Å². The van der Waals surface area contributed by atoms with Gasteiger partial charge >= 0.3 is 0 Å². The van der Waals surface area contributed by atoms with Crippen molar-refractivity contribution in [2.24, 2.45) is 17.3 Å². The number of nitrogens with one attached hydrogen (secondary N) is 1. The van der Waals surface area contributed by atoms with Crippen molar-refractivity contribution in [3.63, 3.8) is 0 Å². The molecule has 3 saturated carbocycles. The second kappa shape index (κ2) is 4.77. The molecule has 19 heavy (non-hydrogen) atoms. The van der Waals surface area contributed by atoms with Gasteiger partial charge in [0.15, 0.2) is 0 Å². The van der Waals surface area contributed by atoms with Crippen LogP contribution in [0.3, 0.4) is 0 Å². The van der Waals surface area contributed by atoms with Crippen molar-refractivity contribution in [2.45, 2.75) is 51.4 Å². The molecule has 1 spiro atoms. The standard InChI is InChI=1S/C18H25N/c1-3-15(13-5-6-13)16(4-2)17(19)14-7-9-18(10-8-14)11-12-18/h3-4,13-14,19H,1-2,5-12H2/b16-15+,19-17?. The fourth-order valence-corrected chi connectivity index (χ4v) is 3.69. The average Bonchev–Trinajstić information content (AvgIpc) is 3.33. The zero-order valence-corrected chi connectivity index (χ0v) is 11.9. The molecule has 1 heteroatoms. The zero-order valence-electron chi connectivity index (χ0n) is 11.9. The second-order valence-corrected chi connectivity index (χ2v) is 6.74. The van der Waals surface area contributed by atoms with Crippen molar-refractivity contribution < 1.29 is 0 Å². The Bertz CT molecular complexity index is 436. The molecule has 1 nitrogen and oxygen atoms in total. The molecule has 0 aromatic carbocycles. The van der Waals surface area contributed by atoms with Crippen molar-refractivity contribution in [1.29, 1.82) is 5.41 Å². The minimum atomic E-state index is 0.466. The molecule has 0 aromatic rings. The van der Waals surface area contributed by atoms with Gasteiger partial charge in [-0.05, 0) is 73.8 Å². The maximum atomic E-state index is 8.57. The van der Waals surface area contributed by atoms with Gasteiger partial charge in [0.05, 0.1) is 0 Å². The van der Waals surface area contributed by atoms with Crippen LogP contribution in [0.15, 0.2) is 36.5 Å². The first-order valence-electron chi connectivity index (χ1n) is 7.77. The van der Waals surface area contributed by atoms with Crippen molar-refractivity contribution in [2.75, 3.05) is 0 Å². The molecule has 3 aliphatic carbocycles. The van der Waals surface area contributed by atoms with E-state index in [4.69, 9.17) is 5.41 Å². The number of hydrogen-bond donors (Lipinski definition) is 1. The molecule has 0 aliphatic heterocycles. The lowest BCUT2D eigenvalue weighted by atomic mass is 9.75.